The fraction of sp³-hybridized carbons (Fsp3) is 0. The molecular formula is C19H13BrN4OS. The monoisotopic (exact) mass is 424 g/mol. The number of hydrogen-bond acceptors (Lipinski definition) is 4. The van der Waals surface area contributed by atoms with Gasteiger partial charge in [-0.1, -0.05) is 46.3 Å². The normalized spacial score (nSPS) is 10.7. The number of hydrogen-bond donors (Lipinski definition) is 1. The van der Waals surface area contributed by atoms with Gasteiger partial charge in [0.15, 0.2) is 5.13 Å². The minimum absolute atomic E-state index is 0.236. The van der Waals surface area contributed by atoms with Crippen LogP contribution in [0.4, 0.5) is 5.13 Å². The molecular weight excluding hydrogens is 412 g/mol. The Morgan fingerprint density at radius 2 is 1.85 bits per heavy atom. The van der Waals surface area contributed by atoms with Crippen LogP contribution in [0.5, 0.6) is 0 Å². The molecule has 0 radical (unpaired) electrons. The maximum Gasteiger partial charge on any atom is 0.261 e. The number of para-hydroxylation sites is 1. The number of carbonyl (C=O) groups excluding carboxylic acids is 1. The Kier molecular flexibility index (Phi) is 4.64. The lowest BCUT2D eigenvalue weighted by molar-refractivity contribution is 0.102. The second kappa shape index (κ2) is 7.23. The average Bonchev–Trinajstić information content (AvgIpc) is 3.33. The van der Waals surface area contributed by atoms with Gasteiger partial charge >= 0.3 is 0 Å². The van der Waals surface area contributed by atoms with Crippen molar-refractivity contribution in [2.24, 2.45) is 0 Å². The molecule has 0 fully saturated rings. The Morgan fingerprint density at radius 3 is 2.54 bits per heavy atom. The number of halogens is 1. The van der Waals surface area contributed by atoms with E-state index < -0.39 is 0 Å². The van der Waals surface area contributed by atoms with Crippen molar-refractivity contribution in [3.8, 4) is 16.9 Å². The van der Waals surface area contributed by atoms with Crippen molar-refractivity contribution >= 4 is 38.3 Å². The standard InChI is InChI=1S/C19H13BrN4OS/c20-14-8-6-13(7-9-14)17-16(18(25)22-19-21-10-11-26-19)12-24(23-17)15-4-2-1-3-5-15/h1-12H,(H,21,22,25). The minimum atomic E-state index is -0.236. The molecule has 5 nitrogen and oxygen atoms in total. The van der Waals surface area contributed by atoms with Crippen molar-refractivity contribution in [2.45, 2.75) is 0 Å². The van der Waals surface area contributed by atoms with Gasteiger partial charge in [-0.15, -0.1) is 11.3 Å². The Bertz CT molecular complexity index is 1030. The summed E-state index contributed by atoms with van der Waals surface area (Å²) < 4.78 is 2.69. The van der Waals surface area contributed by atoms with Crippen molar-refractivity contribution in [2.75, 3.05) is 5.32 Å². The van der Waals surface area contributed by atoms with E-state index in [-0.39, 0.29) is 5.91 Å². The molecule has 0 aliphatic rings. The van der Waals surface area contributed by atoms with Gasteiger partial charge in [-0.2, -0.15) is 5.10 Å². The summed E-state index contributed by atoms with van der Waals surface area (Å²) in [5.74, 6) is -0.236. The van der Waals surface area contributed by atoms with Crippen LogP contribution < -0.4 is 5.32 Å². The molecule has 4 rings (SSSR count). The lowest BCUT2D eigenvalue weighted by atomic mass is 10.1. The zero-order valence-electron chi connectivity index (χ0n) is 13.5. The molecule has 128 valence electrons. The zero-order valence-corrected chi connectivity index (χ0v) is 15.9. The van der Waals surface area contributed by atoms with E-state index in [4.69, 9.17) is 0 Å². The van der Waals surface area contributed by atoms with Crippen molar-refractivity contribution in [3.63, 3.8) is 0 Å². The number of thiazole rings is 1. The summed E-state index contributed by atoms with van der Waals surface area (Å²) >= 11 is 4.81. The van der Waals surface area contributed by atoms with Gasteiger partial charge in [-0.25, -0.2) is 9.67 Å². The predicted molar refractivity (Wildman–Crippen MR) is 107 cm³/mol. The number of carbonyl (C=O) groups is 1. The van der Waals surface area contributed by atoms with Crippen LogP contribution in [-0.4, -0.2) is 20.7 Å². The van der Waals surface area contributed by atoms with Crippen LogP contribution in [0.3, 0.4) is 0 Å². The molecule has 0 aliphatic carbocycles. The molecule has 0 atom stereocenters. The molecule has 0 aliphatic heterocycles. The first-order valence-electron chi connectivity index (χ1n) is 7.82. The number of nitrogens with zero attached hydrogens (tertiary/aromatic N) is 3. The first kappa shape index (κ1) is 16.7. The highest BCUT2D eigenvalue weighted by atomic mass is 79.9. The van der Waals surface area contributed by atoms with Crippen molar-refractivity contribution in [1.29, 1.82) is 0 Å². The summed E-state index contributed by atoms with van der Waals surface area (Å²) in [6.45, 7) is 0. The van der Waals surface area contributed by atoms with Gasteiger partial charge in [-0.3, -0.25) is 10.1 Å². The second-order valence-electron chi connectivity index (χ2n) is 5.47. The van der Waals surface area contributed by atoms with Crippen LogP contribution in [0.2, 0.25) is 0 Å². The zero-order chi connectivity index (χ0) is 17.9. The van der Waals surface area contributed by atoms with E-state index in [1.807, 2.05) is 60.0 Å². The average molecular weight is 425 g/mol. The Morgan fingerprint density at radius 1 is 1.08 bits per heavy atom. The highest BCUT2D eigenvalue weighted by Crippen LogP contribution is 2.26. The highest BCUT2D eigenvalue weighted by Gasteiger charge is 2.19. The van der Waals surface area contributed by atoms with Crippen molar-refractivity contribution in [1.82, 2.24) is 14.8 Å². The third kappa shape index (κ3) is 3.44. The summed E-state index contributed by atoms with van der Waals surface area (Å²) in [7, 11) is 0. The van der Waals surface area contributed by atoms with Gasteiger partial charge < -0.3 is 0 Å². The molecule has 2 aromatic carbocycles. The maximum absolute atomic E-state index is 12.8. The van der Waals surface area contributed by atoms with E-state index in [0.29, 0.717) is 16.4 Å². The lowest BCUT2D eigenvalue weighted by Gasteiger charge is -2.03. The largest absolute Gasteiger partial charge is 0.298 e. The lowest BCUT2D eigenvalue weighted by Crippen LogP contribution is -2.12. The number of nitrogens with one attached hydrogen (secondary N) is 1. The number of benzene rings is 2. The number of anilines is 1. The number of aromatic nitrogens is 3. The molecule has 0 saturated heterocycles. The van der Waals surface area contributed by atoms with E-state index in [9.17, 15) is 4.79 Å². The molecule has 26 heavy (non-hydrogen) atoms. The molecule has 0 spiro atoms. The number of rotatable bonds is 4. The van der Waals surface area contributed by atoms with Crippen LogP contribution in [0.1, 0.15) is 10.4 Å². The van der Waals surface area contributed by atoms with Crippen molar-refractivity contribution < 1.29 is 4.79 Å². The quantitative estimate of drug-likeness (QED) is 0.500. The molecule has 1 N–H and O–H groups in total. The Balaban J connectivity index is 1.78. The molecule has 7 heteroatoms. The molecule has 1 amide bonds. The fourth-order valence-corrected chi connectivity index (χ4v) is 3.31. The summed E-state index contributed by atoms with van der Waals surface area (Å²) in [6, 6.07) is 17.4. The molecule has 0 unspecified atom stereocenters. The van der Waals surface area contributed by atoms with Gasteiger partial charge in [0.25, 0.3) is 5.91 Å². The van der Waals surface area contributed by atoms with Crippen LogP contribution >= 0.6 is 27.3 Å². The summed E-state index contributed by atoms with van der Waals surface area (Å²) in [6.07, 6.45) is 3.40. The fourth-order valence-electron chi connectivity index (χ4n) is 2.52. The summed E-state index contributed by atoms with van der Waals surface area (Å²) in [5.41, 5.74) is 2.87. The number of amides is 1. The molecule has 4 aromatic rings. The first-order valence-corrected chi connectivity index (χ1v) is 9.50. The Labute approximate surface area is 162 Å². The van der Waals surface area contributed by atoms with Crippen LogP contribution in [0, 0.1) is 0 Å². The van der Waals surface area contributed by atoms with Gasteiger partial charge in [0.05, 0.1) is 11.3 Å². The van der Waals surface area contributed by atoms with Gasteiger partial charge in [-0.05, 0) is 24.3 Å². The molecule has 2 aromatic heterocycles. The van der Waals surface area contributed by atoms with Crippen molar-refractivity contribution in [3.05, 3.63) is 82.4 Å². The van der Waals surface area contributed by atoms with Gasteiger partial charge in [0, 0.05) is 27.8 Å². The van der Waals surface area contributed by atoms with Crippen LogP contribution in [0.15, 0.2) is 76.8 Å². The molecule has 0 saturated carbocycles. The third-order valence-corrected chi connectivity index (χ3v) is 4.97. The van der Waals surface area contributed by atoms with E-state index in [0.717, 1.165) is 15.7 Å². The highest BCUT2D eigenvalue weighted by molar-refractivity contribution is 9.10. The van der Waals surface area contributed by atoms with Gasteiger partial charge in [0.2, 0.25) is 0 Å². The Hall–Kier alpha value is -2.77. The van der Waals surface area contributed by atoms with E-state index in [1.54, 1.807) is 17.1 Å². The second-order valence-corrected chi connectivity index (χ2v) is 7.28. The first-order chi connectivity index (χ1) is 12.7. The summed E-state index contributed by atoms with van der Waals surface area (Å²) in [4.78, 5) is 16.9. The van der Waals surface area contributed by atoms with E-state index in [1.165, 1.54) is 11.3 Å². The summed E-state index contributed by atoms with van der Waals surface area (Å²) in [5, 5.41) is 9.86. The smallest absolute Gasteiger partial charge is 0.261 e. The van der Waals surface area contributed by atoms with E-state index >= 15 is 0 Å². The third-order valence-electron chi connectivity index (χ3n) is 3.75. The molecule has 0 bridgehead atoms. The van der Waals surface area contributed by atoms with Crippen LogP contribution in [-0.2, 0) is 0 Å². The predicted octanol–water partition coefficient (Wildman–Crippen LogP) is 5.01. The van der Waals surface area contributed by atoms with E-state index in [2.05, 4.69) is 31.3 Å². The molecule has 2 heterocycles. The minimum Gasteiger partial charge on any atom is -0.298 e. The van der Waals surface area contributed by atoms with Gasteiger partial charge in [0.1, 0.15) is 5.69 Å². The SMILES string of the molecule is O=C(Nc1nccs1)c1cn(-c2ccccc2)nc1-c1ccc(Br)cc1. The maximum atomic E-state index is 12.8. The topological polar surface area (TPSA) is 59.8 Å². The van der Waals surface area contributed by atoms with Crippen LogP contribution in [0.25, 0.3) is 16.9 Å².